The van der Waals surface area contributed by atoms with Crippen LogP contribution in [0.2, 0.25) is 0 Å². The first kappa shape index (κ1) is 11.4. The molecule has 0 rings (SSSR count). The van der Waals surface area contributed by atoms with Crippen molar-refractivity contribution >= 4 is 5.97 Å². The lowest BCUT2D eigenvalue weighted by molar-refractivity contribution is -0.242. The summed E-state index contributed by atoms with van der Waals surface area (Å²) in [5.41, 5.74) is 0. The molecule has 0 aliphatic carbocycles. The zero-order valence-corrected chi connectivity index (χ0v) is 7.28. The number of nitrogens with one attached hydrogen (secondary N) is 1. The van der Waals surface area contributed by atoms with Crippen molar-refractivity contribution < 1.29 is 20.0 Å². The number of hydrogen-bond acceptors (Lipinski definition) is 5. The second-order valence-electron chi connectivity index (χ2n) is 2.43. The number of aliphatic hydroxyl groups excluding tert-OH is 1. The van der Waals surface area contributed by atoms with Crippen LogP contribution in [0, 0.1) is 5.92 Å². The average Bonchev–Trinajstić information content (AvgIpc) is 2.06. The third kappa shape index (κ3) is 3.17. The van der Waals surface area contributed by atoms with E-state index >= 15 is 0 Å². The number of rotatable bonds is 5. The Kier molecular flexibility index (Phi) is 5.61. The molecule has 0 spiro atoms. The van der Waals surface area contributed by atoms with Gasteiger partial charge in [0.15, 0.2) is 0 Å². The quantitative estimate of drug-likeness (QED) is 0.312. The second-order valence-corrected chi connectivity index (χ2v) is 2.43. The molecule has 0 saturated heterocycles. The molecule has 0 aromatic rings. The van der Waals surface area contributed by atoms with Gasteiger partial charge >= 0.3 is 5.97 Å². The van der Waals surface area contributed by atoms with Crippen molar-refractivity contribution in [3.8, 4) is 0 Å². The summed E-state index contributed by atoms with van der Waals surface area (Å²) in [5.74, 6) is -1.53. The van der Waals surface area contributed by atoms with E-state index in [-0.39, 0.29) is 0 Å². The zero-order chi connectivity index (χ0) is 9.56. The third-order valence-corrected chi connectivity index (χ3v) is 1.63. The highest BCUT2D eigenvalue weighted by atomic mass is 17.1. The highest BCUT2D eigenvalue weighted by Gasteiger charge is 2.25. The summed E-state index contributed by atoms with van der Waals surface area (Å²) in [7, 11) is 0. The minimum atomic E-state index is -0.959. The molecule has 2 unspecified atom stereocenters. The second kappa shape index (κ2) is 5.93. The first-order valence-electron chi connectivity index (χ1n) is 3.94. The van der Waals surface area contributed by atoms with Crippen LogP contribution in [0.15, 0.2) is 0 Å². The minimum Gasteiger partial charge on any atom is -0.378 e. The Hall–Kier alpha value is -0.650. The normalized spacial score (nSPS) is 15.3. The van der Waals surface area contributed by atoms with Crippen LogP contribution in [0.5, 0.6) is 0 Å². The van der Waals surface area contributed by atoms with E-state index in [4.69, 9.17) is 5.26 Å². The molecule has 2 atom stereocenters. The van der Waals surface area contributed by atoms with Crippen LogP contribution in [0.4, 0.5) is 0 Å². The Morgan fingerprint density at radius 2 is 2.17 bits per heavy atom. The molecule has 0 amide bonds. The first-order chi connectivity index (χ1) is 5.67. The van der Waals surface area contributed by atoms with Gasteiger partial charge in [-0.25, -0.2) is 4.79 Å². The Morgan fingerprint density at radius 1 is 1.58 bits per heavy atom. The molecular formula is C7H15NO4. The first-order valence-corrected chi connectivity index (χ1v) is 3.94. The number of hydrogen-bond donors (Lipinski definition) is 3. The van der Waals surface area contributed by atoms with Crippen LogP contribution in [-0.2, 0) is 9.68 Å². The van der Waals surface area contributed by atoms with Gasteiger partial charge in [0.05, 0.1) is 5.92 Å². The highest BCUT2D eigenvalue weighted by molar-refractivity contribution is 5.72. The molecule has 72 valence electrons. The predicted molar refractivity (Wildman–Crippen MR) is 42.2 cm³/mol. The molecule has 5 nitrogen and oxygen atoms in total. The maximum atomic E-state index is 10.8. The summed E-state index contributed by atoms with van der Waals surface area (Å²) in [4.78, 5) is 14.3. The fraction of sp³-hybridized carbons (Fsp3) is 0.857. The number of carbonyl (C=O) groups excluding carboxylic acids is 1. The summed E-state index contributed by atoms with van der Waals surface area (Å²) >= 11 is 0. The smallest absolute Gasteiger partial charge is 0.349 e. The van der Waals surface area contributed by atoms with Gasteiger partial charge in [-0.15, -0.1) is 0 Å². The van der Waals surface area contributed by atoms with Gasteiger partial charge < -0.3 is 9.99 Å². The molecule has 0 heterocycles. The maximum absolute atomic E-state index is 10.8. The monoisotopic (exact) mass is 177 g/mol. The third-order valence-electron chi connectivity index (χ3n) is 1.63. The molecule has 0 aliphatic rings. The van der Waals surface area contributed by atoms with E-state index in [1.54, 1.807) is 13.8 Å². The minimum absolute atomic E-state index is 0.410. The van der Waals surface area contributed by atoms with E-state index in [0.29, 0.717) is 13.0 Å². The lowest BCUT2D eigenvalue weighted by atomic mass is 10.1. The van der Waals surface area contributed by atoms with Crippen molar-refractivity contribution in [1.29, 1.82) is 0 Å². The topological polar surface area (TPSA) is 78.8 Å². The predicted octanol–water partition coefficient (Wildman–Crippen LogP) is -0.0433. The van der Waals surface area contributed by atoms with Gasteiger partial charge in [0.25, 0.3) is 0 Å². The van der Waals surface area contributed by atoms with Crippen LogP contribution in [0.3, 0.4) is 0 Å². The van der Waals surface area contributed by atoms with Gasteiger partial charge in [-0.05, 0) is 13.0 Å². The zero-order valence-electron chi connectivity index (χ0n) is 7.28. The van der Waals surface area contributed by atoms with Gasteiger partial charge in [-0.3, -0.25) is 5.32 Å². The number of carbonyl (C=O) groups is 1. The molecule has 0 aromatic heterocycles. The summed E-state index contributed by atoms with van der Waals surface area (Å²) in [6.45, 7) is 4.08. The fourth-order valence-electron chi connectivity index (χ4n) is 0.938. The lowest BCUT2D eigenvalue weighted by Crippen LogP contribution is -2.40. The molecule has 0 fully saturated rings. The van der Waals surface area contributed by atoms with Crippen LogP contribution < -0.4 is 5.32 Å². The van der Waals surface area contributed by atoms with Crippen LogP contribution in [-0.4, -0.2) is 29.1 Å². The molecule has 0 radical (unpaired) electrons. The van der Waals surface area contributed by atoms with E-state index in [2.05, 4.69) is 10.2 Å². The summed E-state index contributed by atoms with van der Waals surface area (Å²) in [6.07, 6.45) is -0.548. The van der Waals surface area contributed by atoms with E-state index in [1.165, 1.54) is 0 Å². The molecular weight excluding hydrogens is 162 g/mol. The Morgan fingerprint density at radius 3 is 2.50 bits per heavy atom. The van der Waals surface area contributed by atoms with E-state index in [1.807, 2.05) is 0 Å². The molecule has 0 aliphatic heterocycles. The molecule has 3 N–H and O–H groups in total. The lowest BCUT2D eigenvalue weighted by Gasteiger charge is -2.18. The van der Waals surface area contributed by atoms with Crippen molar-refractivity contribution in [3.05, 3.63) is 0 Å². The van der Waals surface area contributed by atoms with Gasteiger partial charge in [0.2, 0.25) is 0 Å². The van der Waals surface area contributed by atoms with Crippen molar-refractivity contribution in [3.63, 3.8) is 0 Å². The van der Waals surface area contributed by atoms with Crippen LogP contribution in [0.25, 0.3) is 0 Å². The summed E-state index contributed by atoms with van der Waals surface area (Å²) in [5, 5.41) is 20.0. The molecule has 0 bridgehead atoms. The Bertz CT molecular complexity index is 139. The van der Waals surface area contributed by atoms with Gasteiger partial charge in [-0.1, -0.05) is 13.8 Å². The highest BCUT2D eigenvalue weighted by Crippen LogP contribution is 2.08. The molecule has 0 saturated carbocycles. The molecule has 5 heteroatoms. The molecule has 12 heavy (non-hydrogen) atoms. The van der Waals surface area contributed by atoms with Gasteiger partial charge in [-0.2, -0.15) is 5.26 Å². The van der Waals surface area contributed by atoms with Crippen LogP contribution in [0.1, 0.15) is 20.3 Å². The van der Waals surface area contributed by atoms with Crippen molar-refractivity contribution in [2.24, 2.45) is 5.92 Å². The Balaban J connectivity index is 4.03. The molecule has 0 aromatic carbocycles. The standard InChI is InChI=1S/C7H15NO4/c1-3-5(7(10)12-11)6(9)8-4-2/h5-6,8-9,11H,3-4H2,1-2H3. The maximum Gasteiger partial charge on any atom is 0.349 e. The summed E-state index contributed by atoms with van der Waals surface area (Å²) in [6, 6.07) is 0. The SMILES string of the molecule is CCNC(O)C(CC)C(=O)OO. The van der Waals surface area contributed by atoms with Crippen LogP contribution >= 0.6 is 0 Å². The Labute approximate surface area is 71.3 Å². The number of aliphatic hydroxyl groups is 1. The van der Waals surface area contributed by atoms with Gasteiger partial charge in [0.1, 0.15) is 6.23 Å². The van der Waals surface area contributed by atoms with E-state index in [0.717, 1.165) is 0 Å². The van der Waals surface area contributed by atoms with Crippen molar-refractivity contribution in [2.45, 2.75) is 26.5 Å². The van der Waals surface area contributed by atoms with Crippen molar-refractivity contribution in [1.82, 2.24) is 5.32 Å². The largest absolute Gasteiger partial charge is 0.378 e. The van der Waals surface area contributed by atoms with Gasteiger partial charge in [0, 0.05) is 0 Å². The average molecular weight is 177 g/mol. The van der Waals surface area contributed by atoms with E-state index < -0.39 is 18.1 Å². The van der Waals surface area contributed by atoms with Crippen molar-refractivity contribution in [2.75, 3.05) is 6.54 Å². The summed E-state index contributed by atoms with van der Waals surface area (Å²) < 4.78 is 0. The fourth-order valence-corrected chi connectivity index (χ4v) is 0.938. The van der Waals surface area contributed by atoms with E-state index in [9.17, 15) is 9.90 Å².